The summed E-state index contributed by atoms with van der Waals surface area (Å²) in [5.41, 5.74) is 11.6. The van der Waals surface area contributed by atoms with Crippen molar-refractivity contribution in [3.63, 3.8) is 0 Å². The number of methoxy groups -OCH3 is 1. The van der Waals surface area contributed by atoms with E-state index in [1.165, 1.54) is 7.11 Å². The number of carbonyl (C=O) groups is 2. The number of amides is 2. The topological polar surface area (TPSA) is 107 Å². The average molecular weight is 265 g/mol. The zero-order valence-electron chi connectivity index (χ0n) is 10.9. The Labute approximate surface area is 112 Å². The van der Waals surface area contributed by atoms with Crippen molar-refractivity contribution < 1.29 is 14.3 Å². The number of unbranched alkanes of at least 4 members (excludes halogenated alkanes) is 1. The molecule has 0 heterocycles. The lowest BCUT2D eigenvalue weighted by Crippen LogP contribution is -2.25. The number of benzene rings is 1. The molecule has 0 aliphatic heterocycles. The van der Waals surface area contributed by atoms with Crippen molar-refractivity contribution in [3.8, 4) is 5.75 Å². The predicted molar refractivity (Wildman–Crippen MR) is 72.8 cm³/mol. The van der Waals surface area contributed by atoms with Crippen LogP contribution < -0.4 is 21.5 Å². The first-order chi connectivity index (χ1) is 9.04. The number of nitrogens with one attached hydrogen (secondary N) is 1. The van der Waals surface area contributed by atoms with Crippen LogP contribution in [0.3, 0.4) is 0 Å². The fourth-order valence-corrected chi connectivity index (χ4v) is 1.60. The second kappa shape index (κ2) is 7.25. The van der Waals surface area contributed by atoms with Crippen molar-refractivity contribution in [2.75, 3.05) is 19.4 Å². The molecule has 0 saturated heterocycles. The summed E-state index contributed by atoms with van der Waals surface area (Å²) in [6.07, 6.45) is 1.69. The molecule has 5 N–H and O–H groups in total. The van der Waals surface area contributed by atoms with Crippen molar-refractivity contribution in [1.29, 1.82) is 0 Å². The van der Waals surface area contributed by atoms with Crippen LogP contribution in [-0.4, -0.2) is 25.5 Å². The average Bonchev–Trinajstić information content (AvgIpc) is 2.37. The molecule has 0 spiro atoms. The number of nitrogens with two attached hydrogens (primary N) is 2. The normalized spacial score (nSPS) is 9.95. The SMILES string of the molecule is COc1ccc(C(=O)NCCCCC(N)=O)c(N)c1. The van der Waals surface area contributed by atoms with Crippen molar-refractivity contribution in [2.24, 2.45) is 5.73 Å². The van der Waals surface area contributed by atoms with Crippen LogP contribution in [0.2, 0.25) is 0 Å². The fraction of sp³-hybridized carbons (Fsp3) is 0.385. The van der Waals surface area contributed by atoms with Crippen LogP contribution in [0.15, 0.2) is 18.2 Å². The zero-order chi connectivity index (χ0) is 14.3. The molecule has 0 saturated carbocycles. The fourth-order valence-electron chi connectivity index (χ4n) is 1.60. The first-order valence-corrected chi connectivity index (χ1v) is 6.04. The van der Waals surface area contributed by atoms with Gasteiger partial charge in [0.25, 0.3) is 5.91 Å². The molecule has 0 radical (unpaired) electrons. The molecule has 0 unspecified atom stereocenters. The number of ether oxygens (including phenoxy) is 1. The third kappa shape index (κ3) is 4.87. The number of primary amides is 1. The third-order valence-corrected chi connectivity index (χ3v) is 2.64. The van der Waals surface area contributed by atoms with E-state index in [2.05, 4.69) is 5.32 Å². The van der Waals surface area contributed by atoms with E-state index in [1.807, 2.05) is 0 Å². The highest BCUT2D eigenvalue weighted by Gasteiger charge is 2.09. The predicted octanol–water partition coefficient (Wildman–Crippen LogP) is 0.663. The molecule has 19 heavy (non-hydrogen) atoms. The van der Waals surface area contributed by atoms with E-state index < -0.39 is 0 Å². The molecule has 1 rings (SSSR count). The van der Waals surface area contributed by atoms with E-state index in [0.717, 1.165) is 0 Å². The van der Waals surface area contributed by atoms with Crippen LogP contribution in [0.25, 0.3) is 0 Å². The monoisotopic (exact) mass is 265 g/mol. The van der Waals surface area contributed by atoms with Crippen molar-refractivity contribution in [2.45, 2.75) is 19.3 Å². The van der Waals surface area contributed by atoms with Gasteiger partial charge in [0.05, 0.1) is 12.7 Å². The van der Waals surface area contributed by atoms with Gasteiger partial charge in [0, 0.05) is 24.7 Å². The van der Waals surface area contributed by atoms with Gasteiger partial charge in [-0.05, 0) is 25.0 Å². The Morgan fingerprint density at radius 1 is 1.32 bits per heavy atom. The van der Waals surface area contributed by atoms with E-state index in [1.54, 1.807) is 18.2 Å². The van der Waals surface area contributed by atoms with Gasteiger partial charge in [0.15, 0.2) is 0 Å². The van der Waals surface area contributed by atoms with Gasteiger partial charge in [-0.15, -0.1) is 0 Å². The lowest BCUT2D eigenvalue weighted by atomic mass is 10.1. The van der Waals surface area contributed by atoms with Crippen LogP contribution in [-0.2, 0) is 4.79 Å². The maximum Gasteiger partial charge on any atom is 0.253 e. The number of rotatable bonds is 7. The summed E-state index contributed by atoms with van der Waals surface area (Å²) >= 11 is 0. The molecular weight excluding hydrogens is 246 g/mol. The van der Waals surface area contributed by atoms with Gasteiger partial charge in [-0.2, -0.15) is 0 Å². The maximum atomic E-state index is 11.8. The summed E-state index contributed by atoms with van der Waals surface area (Å²) < 4.78 is 5.01. The molecule has 6 nitrogen and oxygen atoms in total. The van der Waals surface area contributed by atoms with E-state index in [9.17, 15) is 9.59 Å². The van der Waals surface area contributed by atoms with Crippen LogP contribution in [0.1, 0.15) is 29.6 Å². The molecule has 104 valence electrons. The summed E-state index contributed by atoms with van der Waals surface area (Å²) in [4.78, 5) is 22.4. The summed E-state index contributed by atoms with van der Waals surface area (Å²) in [6, 6.07) is 4.90. The highest BCUT2D eigenvalue weighted by Crippen LogP contribution is 2.19. The molecule has 0 atom stereocenters. The van der Waals surface area contributed by atoms with Crippen LogP contribution in [0.5, 0.6) is 5.75 Å². The largest absolute Gasteiger partial charge is 0.497 e. The Morgan fingerprint density at radius 3 is 2.63 bits per heavy atom. The smallest absolute Gasteiger partial charge is 0.253 e. The summed E-state index contributed by atoms with van der Waals surface area (Å²) in [5.74, 6) is 0.0421. The summed E-state index contributed by atoms with van der Waals surface area (Å²) in [7, 11) is 1.53. The minimum Gasteiger partial charge on any atom is -0.497 e. The maximum absolute atomic E-state index is 11.8. The van der Waals surface area contributed by atoms with Crippen LogP contribution in [0.4, 0.5) is 5.69 Å². The molecule has 0 bridgehead atoms. The highest BCUT2D eigenvalue weighted by atomic mass is 16.5. The third-order valence-electron chi connectivity index (χ3n) is 2.64. The van der Waals surface area contributed by atoms with Gasteiger partial charge >= 0.3 is 0 Å². The molecular formula is C13H19N3O3. The Kier molecular flexibility index (Phi) is 5.66. The van der Waals surface area contributed by atoms with Crippen molar-refractivity contribution in [3.05, 3.63) is 23.8 Å². The van der Waals surface area contributed by atoms with Gasteiger partial charge < -0.3 is 21.5 Å². The van der Waals surface area contributed by atoms with Gasteiger partial charge in [-0.3, -0.25) is 9.59 Å². The first-order valence-electron chi connectivity index (χ1n) is 6.04. The highest BCUT2D eigenvalue weighted by molar-refractivity contribution is 5.99. The molecule has 2 amide bonds. The second-order valence-electron chi connectivity index (χ2n) is 4.13. The van der Waals surface area contributed by atoms with Crippen molar-refractivity contribution >= 4 is 17.5 Å². The standard InChI is InChI=1S/C13H19N3O3/c1-19-9-5-6-10(11(14)8-9)13(18)16-7-3-2-4-12(15)17/h5-6,8H,2-4,7,14H2,1H3,(H2,15,17)(H,16,18). The molecule has 0 fully saturated rings. The van der Waals surface area contributed by atoms with Crippen LogP contribution in [0, 0.1) is 0 Å². The molecule has 1 aromatic rings. The second-order valence-corrected chi connectivity index (χ2v) is 4.13. The summed E-state index contributed by atoms with van der Waals surface area (Å²) in [6.45, 7) is 0.484. The molecule has 6 heteroatoms. The number of hydrogen-bond donors (Lipinski definition) is 3. The van der Waals surface area contributed by atoms with Crippen LogP contribution >= 0.6 is 0 Å². The van der Waals surface area contributed by atoms with E-state index in [4.69, 9.17) is 16.2 Å². The number of hydrogen-bond acceptors (Lipinski definition) is 4. The molecule has 0 aliphatic rings. The Balaban J connectivity index is 2.43. The first kappa shape index (κ1) is 14.8. The molecule has 0 aromatic heterocycles. The minimum absolute atomic E-state index is 0.237. The lowest BCUT2D eigenvalue weighted by molar-refractivity contribution is -0.118. The van der Waals surface area contributed by atoms with Gasteiger partial charge in [-0.1, -0.05) is 0 Å². The number of carbonyl (C=O) groups excluding carboxylic acids is 2. The van der Waals surface area contributed by atoms with E-state index in [-0.39, 0.29) is 11.8 Å². The summed E-state index contributed by atoms with van der Waals surface area (Å²) in [5, 5.41) is 2.74. The van der Waals surface area contributed by atoms with Gasteiger partial charge in [0.1, 0.15) is 5.75 Å². The minimum atomic E-state index is -0.328. The van der Waals surface area contributed by atoms with E-state index in [0.29, 0.717) is 42.8 Å². The molecule has 0 aliphatic carbocycles. The Bertz CT molecular complexity index is 460. The number of nitrogen functional groups attached to an aromatic ring is 1. The Hall–Kier alpha value is -2.24. The lowest BCUT2D eigenvalue weighted by Gasteiger charge is -2.08. The van der Waals surface area contributed by atoms with Gasteiger partial charge in [0.2, 0.25) is 5.91 Å². The van der Waals surface area contributed by atoms with Gasteiger partial charge in [-0.25, -0.2) is 0 Å². The Morgan fingerprint density at radius 2 is 2.05 bits per heavy atom. The number of anilines is 1. The van der Waals surface area contributed by atoms with Crippen molar-refractivity contribution in [1.82, 2.24) is 5.32 Å². The zero-order valence-corrected chi connectivity index (χ0v) is 10.9. The molecule has 1 aromatic carbocycles. The quantitative estimate of drug-likeness (QED) is 0.497. The van der Waals surface area contributed by atoms with E-state index >= 15 is 0 Å².